The molecule has 4 N–H and O–H groups in total. The highest BCUT2D eigenvalue weighted by atomic mass is 35.5. The third-order valence-corrected chi connectivity index (χ3v) is 10.3. The number of carbonyl (C=O) groups excluding carboxylic acids is 3. The first-order valence-electron chi connectivity index (χ1n) is 17.4. The Labute approximate surface area is 301 Å². The van der Waals surface area contributed by atoms with Gasteiger partial charge in [-0.1, -0.05) is 29.8 Å². The number of hydrogen-bond acceptors (Lipinski definition) is 9. The number of benzene rings is 1. The maximum absolute atomic E-state index is 13.5. The summed E-state index contributed by atoms with van der Waals surface area (Å²) < 4.78 is 5.63. The number of amides is 3. The second kappa shape index (κ2) is 15.1. The predicted octanol–water partition coefficient (Wildman–Crippen LogP) is 4.43. The van der Waals surface area contributed by atoms with Gasteiger partial charge in [-0.2, -0.15) is 0 Å². The van der Waals surface area contributed by atoms with Crippen molar-refractivity contribution in [3.8, 4) is 28.4 Å². The van der Waals surface area contributed by atoms with Crippen molar-refractivity contribution in [1.29, 1.82) is 0 Å². The number of carbonyl (C=O) groups is 3. The Morgan fingerprint density at radius 2 is 1.80 bits per heavy atom. The lowest BCUT2D eigenvalue weighted by Gasteiger charge is -2.30. The molecule has 2 atom stereocenters. The lowest BCUT2D eigenvalue weighted by Crippen LogP contribution is -2.41. The molecule has 0 bridgehead atoms. The van der Waals surface area contributed by atoms with Gasteiger partial charge in [-0.3, -0.25) is 29.3 Å². The molecule has 1 aromatic carbocycles. The number of methoxy groups -OCH3 is 1. The highest BCUT2D eigenvalue weighted by Crippen LogP contribution is 2.38. The third-order valence-electron chi connectivity index (χ3n) is 9.90. The molecule has 7 rings (SSSR count). The van der Waals surface area contributed by atoms with Crippen LogP contribution in [0.15, 0.2) is 54.9 Å². The van der Waals surface area contributed by atoms with E-state index in [9.17, 15) is 14.4 Å². The van der Waals surface area contributed by atoms with Crippen molar-refractivity contribution in [3.05, 3.63) is 87.8 Å². The maximum atomic E-state index is 13.5. The highest BCUT2D eigenvalue weighted by Gasteiger charge is 2.26. The summed E-state index contributed by atoms with van der Waals surface area (Å²) in [6, 6.07) is 13.6. The Hall–Kier alpha value is -4.91. The fourth-order valence-electron chi connectivity index (χ4n) is 7.09. The van der Waals surface area contributed by atoms with E-state index in [0.717, 1.165) is 66.7 Å². The van der Waals surface area contributed by atoms with E-state index >= 15 is 0 Å². The van der Waals surface area contributed by atoms with Crippen molar-refractivity contribution in [2.75, 3.05) is 32.1 Å². The van der Waals surface area contributed by atoms with Gasteiger partial charge >= 0.3 is 0 Å². The lowest BCUT2D eigenvalue weighted by molar-refractivity contribution is -0.120. The van der Waals surface area contributed by atoms with E-state index in [0.29, 0.717) is 65.2 Å². The van der Waals surface area contributed by atoms with Crippen molar-refractivity contribution >= 4 is 35.0 Å². The molecule has 264 valence electrons. The number of fused-ring (bicyclic) bond motifs is 1. The van der Waals surface area contributed by atoms with Gasteiger partial charge in [-0.15, -0.1) is 0 Å². The molecule has 0 saturated carbocycles. The Morgan fingerprint density at radius 1 is 1.00 bits per heavy atom. The smallest absolute Gasteiger partial charge is 0.274 e. The first-order valence-corrected chi connectivity index (χ1v) is 17.7. The summed E-state index contributed by atoms with van der Waals surface area (Å²) in [6.45, 7) is 5.57. The van der Waals surface area contributed by atoms with Gasteiger partial charge in [0.05, 0.1) is 23.5 Å². The molecular weight excluding hydrogens is 668 g/mol. The quantitative estimate of drug-likeness (QED) is 0.177. The van der Waals surface area contributed by atoms with E-state index in [-0.39, 0.29) is 29.8 Å². The first-order chi connectivity index (χ1) is 24.7. The Kier molecular flexibility index (Phi) is 10.3. The Balaban J connectivity index is 1.04. The van der Waals surface area contributed by atoms with E-state index in [2.05, 4.69) is 36.1 Å². The number of hydrogen-bond donors (Lipinski definition) is 4. The maximum Gasteiger partial charge on any atom is 0.274 e. The molecular formula is C38H41ClN8O4. The molecule has 4 aromatic rings. The van der Waals surface area contributed by atoms with Gasteiger partial charge in [0.1, 0.15) is 5.69 Å². The standard InChI is InChI=1S/C38H41ClN8O4/c1-22-28(36-35(39)29(12-14-41-36)31-9-6-24(38(46-31)51-2)17-40-19-26-7-10-33(48)43-26)4-3-5-30(22)45-37(50)32-16-23-13-15-47(20-25(23)18-42-32)21-27-8-11-34(49)44-27/h3-6,9,12,14,16,18,26-27,40H,7-8,10-11,13,15,17,19-21H2,1-2H3,(H,43,48)(H,44,49)(H,45,50). The molecule has 3 aliphatic heterocycles. The van der Waals surface area contributed by atoms with Crippen molar-refractivity contribution in [3.63, 3.8) is 0 Å². The zero-order valence-electron chi connectivity index (χ0n) is 28.7. The molecule has 2 saturated heterocycles. The fraction of sp³-hybridized carbons (Fsp3) is 0.368. The minimum absolute atomic E-state index is 0.0929. The molecule has 3 aromatic heterocycles. The lowest BCUT2D eigenvalue weighted by atomic mass is 9.99. The molecule has 3 aliphatic rings. The van der Waals surface area contributed by atoms with Crippen LogP contribution in [0.25, 0.3) is 22.5 Å². The number of ether oxygens (including phenoxy) is 1. The summed E-state index contributed by atoms with van der Waals surface area (Å²) in [5.74, 6) is 0.413. The average Bonchev–Trinajstić information content (AvgIpc) is 3.75. The molecule has 13 heteroatoms. The van der Waals surface area contributed by atoms with Crippen LogP contribution in [0.4, 0.5) is 5.69 Å². The van der Waals surface area contributed by atoms with Gasteiger partial charge in [0.2, 0.25) is 17.7 Å². The Morgan fingerprint density at radius 3 is 2.57 bits per heavy atom. The van der Waals surface area contributed by atoms with E-state index in [1.54, 1.807) is 19.5 Å². The summed E-state index contributed by atoms with van der Waals surface area (Å²) in [4.78, 5) is 52.8. The molecule has 12 nitrogen and oxygen atoms in total. The SMILES string of the molecule is COc1nc(-c2ccnc(-c3cccc(NC(=O)c4cc5c(cn4)CN(CC4CCC(=O)N4)CC5)c3C)c2Cl)ccc1CNCC1CCC(=O)N1. The van der Waals surface area contributed by atoms with Crippen molar-refractivity contribution in [2.45, 2.75) is 64.2 Å². The Bertz CT molecular complexity index is 1990. The van der Waals surface area contributed by atoms with Crippen LogP contribution >= 0.6 is 11.6 Å². The number of nitrogens with one attached hydrogen (secondary N) is 4. The van der Waals surface area contributed by atoms with E-state index in [1.165, 1.54) is 0 Å². The predicted molar refractivity (Wildman–Crippen MR) is 194 cm³/mol. The van der Waals surface area contributed by atoms with Gasteiger partial charge in [0, 0.05) is 92.4 Å². The van der Waals surface area contributed by atoms with Crippen molar-refractivity contribution in [2.24, 2.45) is 0 Å². The van der Waals surface area contributed by atoms with E-state index in [4.69, 9.17) is 21.3 Å². The number of halogens is 1. The largest absolute Gasteiger partial charge is 0.481 e. The third kappa shape index (κ3) is 7.73. The van der Waals surface area contributed by atoms with Crippen LogP contribution in [0.5, 0.6) is 5.88 Å². The van der Waals surface area contributed by atoms with E-state index in [1.807, 2.05) is 49.4 Å². The normalized spacial score (nSPS) is 18.6. The van der Waals surface area contributed by atoms with Crippen LogP contribution in [0, 0.1) is 6.92 Å². The van der Waals surface area contributed by atoms with Crippen LogP contribution in [0.2, 0.25) is 5.02 Å². The van der Waals surface area contributed by atoms with Gasteiger partial charge in [0.15, 0.2) is 0 Å². The zero-order chi connectivity index (χ0) is 35.5. The fourth-order valence-corrected chi connectivity index (χ4v) is 7.40. The minimum Gasteiger partial charge on any atom is -0.481 e. The monoisotopic (exact) mass is 708 g/mol. The van der Waals surface area contributed by atoms with Crippen molar-refractivity contribution < 1.29 is 19.1 Å². The van der Waals surface area contributed by atoms with Crippen LogP contribution < -0.4 is 26.0 Å². The first kappa shape index (κ1) is 34.5. The second-order valence-corrected chi connectivity index (χ2v) is 13.8. The molecule has 3 amide bonds. The zero-order valence-corrected chi connectivity index (χ0v) is 29.5. The number of anilines is 1. The molecule has 6 heterocycles. The van der Waals surface area contributed by atoms with Gasteiger partial charge in [-0.25, -0.2) is 4.98 Å². The number of rotatable bonds is 11. The molecule has 0 spiro atoms. The summed E-state index contributed by atoms with van der Waals surface area (Å²) in [5, 5.41) is 12.9. The van der Waals surface area contributed by atoms with Crippen LogP contribution in [0.3, 0.4) is 0 Å². The summed E-state index contributed by atoms with van der Waals surface area (Å²) in [7, 11) is 1.59. The summed E-state index contributed by atoms with van der Waals surface area (Å²) >= 11 is 7.03. The molecule has 0 radical (unpaired) electrons. The highest BCUT2D eigenvalue weighted by molar-refractivity contribution is 6.35. The van der Waals surface area contributed by atoms with Crippen molar-refractivity contribution in [1.82, 2.24) is 35.8 Å². The van der Waals surface area contributed by atoms with Crippen LogP contribution in [-0.4, -0.2) is 76.4 Å². The molecule has 51 heavy (non-hydrogen) atoms. The van der Waals surface area contributed by atoms with Gasteiger partial charge in [0.25, 0.3) is 5.91 Å². The summed E-state index contributed by atoms with van der Waals surface area (Å²) in [6.07, 6.45) is 7.17. The number of pyridine rings is 3. The minimum atomic E-state index is -0.291. The van der Waals surface area contributed by atoms with Gasteiger partial charge < -0.3 is 26.0 Å². The number of nitrogens with zero attached hydrogens (tertiary/aromatic N) is 4. The topological polar surface area (TPSA) is 150 Å². The van der Waals surface area contributed by atoms with Gasteiger partial charge in [-0.05, 0) is 67.1 Å². The summed E-state index contributed by atoms with van der Waals surface area (Å²) in [5.41, 5.74) is 7.62. The molecule has 2 unspecified atom stereocenters. The van der Waals surface area contributed by atoms with Crippen LogP contribution in [-0.2, 0) is 29.1 Å². The second-order valence-electron chi connectivity index (χ2n) is 13.4. The average molecular weight is 709 g/mol. The molecule has 2 fully saturated rings. The van der Waals surface area contributed by atoms with Crippen LogP contribution in [0.1, 0.15) is 58.4 Å². The van der Waals surface area contributed by atoms with E-state index < -0.39 is 0 Å². The molecule has 0 aliphatic carbocycles. The number of aromatic nitrogens is 3.